The lowest BCUT2D eigenvalue weighted by atomic mass is 10.1. The minimum Gasteiger partial charge on any atom is -0.493 e. The van der Waals surface area contributed by atoms with Gasteiger partial charge >= 0.3 is 0 Å². The van der Waals surface area contributed by atoms with Crippen LogP contribution in [0.5, 0.6) is 17.2 Å². The number of aliphatic hydroxyl groups excluding tert-OH is 1. The van der Waals surface area contributed by atoms with Crippen molar-refractivity contribution in [2.24, 2.45) is 0 Å². The zero-order valence-electron chi connectivity index (χ0n) is 11.4. The van der Waals surface area contributed by atoms with Crippen molar-refractivity contribution in [2.75, 3.05) is 20.5 Å². The van der Waals surface area contributed by atoms with Gasteiger partial charge in [0.15, 0.2) is 11.5 Å². The highest BCUT2D eigenvalue weighted by molar-refractivity contribution is 5.55. The fourth-order valence-corrected chi connectivity index (χ4v) is 2.15. The van der Waals surface area contributed by atoms with E-state index in [0.717, 1.165) is 24.2 Å². The van der Waals surface area contributed by atoms with Crippen molar-refractivity contribution in [3.8, 4) is 17.2 Å². The summed E-state index contributed by atoms with van der Waals surface area (Å²) in [5.74, 6) is 2.10. The van der Waals surface area contributed by atoms with Gasteiger partial charge in [-0.05, 0) is 30.5 Å². The number of aliphatic hydroxyl groups is 1. The molecule has 1 aliphatic rings. The van der Waals surface area contributed by atoms with Crippen molar-refractivity contribution in [2.45, 2.75) is 32.4 Å². The maximum atomic E-state index is 8.98. The van der Waals surface area contributed by atoms with Gasteiger partial charge in [-0.1, -0.05) is 6.92 Å². The van der Waals surface area contributed by atoms with E-state index in [1.54, 1.807) is 7.11 Å². The van der Waals surface area contributed by atoms with Crippen LogP contribution >= 0.6 is 0 Å². The maximum absolute atomic E-state index is 8.98. The fraction of sp³-hybridized carbons (Fsp3) is 0.571. The van der Waals surface area contributed by atoms with E-state index in [1.165, 1.54) is 0 Å². The van der Waals surface area contributed by atoms with Gasteiger partial charge in [-0.25, -0.2) is 0 Å². The van der Waals surface area contributed by atoms with Crippen molar-refractivity contribution in [3.63, 3.8) is 0 Å². The minimum absolute atomic E-state index is 0.204. The van der Waals surface area contributed by atoms with Gasteiger partial charge in [0.2, 0.25) is 12.5 Å². The maximum Gasteiger partial charge on any atom is 0.231 e. The normalized spacial score (nSPS) is 14.5. The standard InChI is InChI=1S/C14H21NO4/c1-3-11(4-5-16)15-8-10-6-12(17-2)14-13(7-10)18-9-19-14/h6-7,11,15-16H,3-5,8-9H2,1-2H3. The molecule has 0 spiro atoms. The molecule has 1 atom stereocenters. The molecule has 1 aromatic carbocycles. The Morgan fingerprint density at radius 3 is 2.95 bits per heavy atom. The lowest BCUT2D eigenvalue weighted by Crippen LogP contribution is -2.28. The number of ether oxygens (including phenoxy) is 3. The summed E-state index contributed by atoms with van der Waals surface area (Å²) in [6.45, 7) is 3.26. The van der Waals surface area contributed by atoms with Crippen LogP contribution in [0.1, 0.15) is 25.3 Å². The van der Waals surface area contributed by atoms with Crippen LogP contribution in [0.3, 0.4) is 0 Å². The van der Waals surface area contributed by atoms with Gasteiger partial charge < -0.3 is 24.6 Å². The Labute approximate surface area is 113 Å². The van der Waals surface area contributed by atoms with Crippen LogP contribution in [0.15, 0.2) is 12.1 Å². The highest BCUT2D eigenvalue weighted by atomic mass is 16.7. The average Bonchev–Trinajstić information content (AvgIpc) is 2.90. The Morgan fingerprint density at radius 2 is 2.26 bits per heavy atom. The summed E-state index contributed by atoms with van der Waals surface area (Å²) in [5.41, 5.74) is 1.08. The molecule has 19 heavy (non-hydrogen) atoms. The molecule has 106 valence electrons. The number of nitrogens with one attached hydrogen (secondary N) is 1. The van der Waals surface area contributed by atoms with E-state index in [-0.39, 0.29) is 13.4 Å². The second-order valence-corrected chi connectivity index (χ2v) is 4.53. The van der Waals surface area contributed by atoms with E-state index < -0.39 is 0 Å². The SMILES string of the molecule is CCC(CCO)NCc1cc(OC)c2c(c1)OCO2. The Morgan fingerprint density at radius 1 is 1.42 bits per heavy atom. The van der Waals surface area contributed by atoms with Crippen molar-refractivity contribution >= 4 is 0 Å². The first-order valence-corrected chi connectivity index (χ1v) is 6.59. The second kappa shape index (κ2) is 6.63. The Bertz CT molecular complexity index is 422. The van der Waals surface area contributed by atoms with E-state index in [1.807, 2.05) is 12.1 Å². The molecule has 5 heteroatoms. The molecule has 1 aromatic rings. The first-order chi connectivity index (χ1) is 9.28. The highest BCUT2D eigenvalue weighted by Gasteiger charge is 2.20. The van der Waals surface area contributed by atoms with Gasteiger partial charge in [0.25, 0.3) is 0 Å². The topological polar surface area (TPSA) is 60.0 Å². The van der Waals surface area contributed by atoms with E-state index >= 15 is 0 Å². The van der Waals surface area contributed by atoms with Crippen LogP contribution in [0.4, 0.5) is 0 Å². The van der Waals surface area contributed by atoms with Crippen LogP contribution in [0, 0.1) is 0 Å². The second-order valence-electron chi connectivity index (χ2n) is 4.53. The van der Waals surface area contributed by atoms with E-state index in [9.17, 15) is 0 Å². The van der Waals surface area contributed by atoms with Gasteiger partial charge in [-0.3, -0.25) is 0 Å². The van der Waals surface area contributed by atoms with Crippen LogP contribution < -0.4 is 19.5 Å². The third kappa shape index (κ3) is 3.30. The van der Waals surface area contributed by atoms with Crippen LogP contribution in [0.2, 0.25) is 0 Å². The van der Waals surface area contributed by atoms with Crippen molar-refractivity contribution < 1.29 is 19.3 Å². The number of rotatable bonds is 7. The number of benzene rings is 1. The molecule has 0 aliphatic carbocycles. The summed E-state index contributed by atoms with van der Waals surface area (Å²) in [6, 6.07) is 4.23. The molecular weight excluding hydrogens is 246 g/mol. The van der Waals surface area contributed by atoms with Crippen molar-refractivity contribution in [1.82, 2.24) is 5.32 Å². The first-order valence-electron chi connectivity index (χ1n) is 6.59. The molecule has 0 saturated heterocycles. The molecule has 1 aliphatic heterocycles. The van der Waals surface area contributed by atoms with Crippen LogP contribution in [-0.4, -0.2) is 31.7 Å². The predicted octanol–water partition coefficient (Wildman–Crippen LogP) is 1.67. The van der Waals surface area contributed by atoms with E-state index in [2.05, 4.69) is 12.2 Å². The smallest absolute Gasteiger partial charge is 0.231 e. The first kappa shape index (κ1) is 14.0. The van der Waals surface area contributed by atoms with Gasteiger partial charge in [-0.15, -0.1) is 0 Å². The molecule has 0 fully saturated rings. The zero-order valence-corrected chi connectivity index (χ0v) is 11.4. The molecule has 0 bridgehead atoms. The van der Waals surface area contributed by atoms with Gasteiger partial charge in [0, 0.05) is 19.2 Å². The summed E-state index contributed by atoms with van der Waals surface area (Å²) in [6.07, 6.45) is 1.75. The quantitative estimate of drug-likeness (QED) is 0.787. The average molecular weight is 267 g/mol. The summed E-state index contributed by atoms with van der Waals surface area (Å²) >= 11 is 0. The summed E-state index contributed by atoms with van der Waals surface area (Å²) in [5, 5.41) is 12.4. The molecule has 5 nitrogen and oxygen atoms in total. The molecule has 2 N–H and O–H groups in total. The Hall–Kier alpha value is -1.46. The zero-order chi connectivity index (χ0) is 13.7. The third-order valence-electron chi connectivity index (χ3n) is 3.28. The van der Waals surface area contributed by atoms with Crippen molar-refractivity contribution in [3.05, 3.63) is 17.7 Å². The summed E-state index contributed by atoms with van der Waals surface area (Å²) in [7, 11) is 1.62. The Kier molecular flexibility index (Phi) is 4.87. The van der Waals surface area contributed by atoms with E-state index in [4.69, 9.17) is 19.3 Å². The van der Waals surface area contributed by atoms with Crippen molar-refractivity contribution in [1.29, 1.82) is 0 Å². The molecule has 0 saturated carbocycles. The summed E-state index contributed by atoms with van der Waals surface area (Å²) in [4.78, 5) is 0. The molecule has 0 aromatic heterocycles. The third-order valence-corrected chi connectivity index (χ3v) is 3.28. The monoisotopic (exact) mass is 267 g/mol. The number of hydrogen-bond donors (Lipinski definition) is 2. The van der Waals surface area contributed by atoms with E-state index in [0.29, 0.717) is 24.1 Å². The molecule has 1 heterocycles. The minimum atomic E-state index is 0.204. The van der Waals surface area contributed by atoms with Gasteiger partial charge in [0.1, 0.15) is 0 Å². The van der Waals surface area contributed by atoms with Crippen LogP contribution in [0.25, 0.3) is 0 Å². The lowest BCUT2D eigenvalue weighted by Gasteiger charge is -2.16. The predicted molar refractivity (Wildman–Crippen MR) is 71.7 cm³/mol. The molecular formula is C14H21NO4. The molecule has 0 amide bonds. The molecule has 1 unspecified atom stereocenters. The Balaban J connectivity index is 2.04. The van der Waals surface area contributed by atoms with Gasteiger partial charge in [0.05, 0.1) is 7.11 Å². The number of fused-ring (bicyclic) bond motifs is 1. The number of methoxy groups -OCH3 is 1. The van der Waals surface area contributed by atoms with Crippen LogP contribution in [-0.2, 0) is 6.54 Å². The largest absolute Gasteiger partial charge is 0.493 e. The summed E-state index contributed by atoms with van der Waals surface area (Å²) < 4.78 is 16.1. The lowest BCUT2D eigenvalue weighted by molar-refractivity contribution is 0.171. The fourth-order valence-electron chi connectivity index (χ4n) is 2.15. The highest BCUT2D eigenvalue weighted by Crippen LogP contribution is 2.41. The molecule has 2 rings (SSSR count). The number of hydrogen-bond acceptors (Lipinski definition) is 5. The van der Waals surface area contributed by atoms with Gasteiger partial charge in [-0.2, -0.15) is 0 Å². The molecule has 0 radical (unpaired) electrons.